The van der Waals surface area contributed by atoms with E-state index in [4.69, 9.17) is 0 Å². The standard InChI is InChI=1S/C27H30OP.BrH/c28-24-13-11-10-12-23(22-24)20-21-29(25-14-4-1-5-15-25,26-16-6-2-7-17-26)27-18-8-3-9-19-27;/h1-9,14-19,23H,10-13,20-22H2;1H/q+1;/p-1. The molecule has 0 spiro atoms. The van der Waals surface area contributed by atoms with E-state index in [1.165, 1.54) is 28.8 Å². The zero-order valence-electron chi connectivity index (χ0n) is 17.4. The Bertz CT molecular complexity index is 815. The molecule has 3 aromatic carbocycles. The number of carbonyl (C=O) groups is 1. The fraction of sp³-hybridized carbons (Fsp3) is 0.296. The molecular formula is C27H30BrOP. The molecule has 0 heterocycles. The van der Waals surface area contributed by atoms with Crippen LogP contribution >= 0.6 is 7.26 Å². The van der Waals surface area contributed by atoms with E-state index >= 15 is 0 Å². The number of rotatable bonds is 6. The van der Waals surface area contributed by atoms with Crippen molar-refractivity contribution in [2.24, 2.45) is 5.92 Å². The Morgan fingerprint density at radius 3 is 1.63 bits per heavy atom. The van der Waals surface area contributed by atoms with Gasteiger partial charge in [-0.25, -0.2) is 0 Å². The molecule has 1 atom stereocenters. The van der Waals surface area contributed by atoms with Crippen LogP contribution in [0.15, 0.2) is 91.0 Å². The van der Waals surface area contributed by atoms with Crippen LogP contribution in [0.1, 0.15) is 38.5 Å². The van der Waals surface area contributed by atoms with Gasteiger partial charge in [-0.2, -0.15) is 0 Å². The Morgan fingerprint density at radius 2 is 1.17 bits per heavy atom. The fourth-order valence-corrected chi connectivity index (χ4v) is 9.25. The number of benzene rings is 3. The molecule has 3 aromatic rings. The molecule has 4 rings (SSSR count). The molecule has 0 aliphatic heterocycles. The van der Waals surface area contributed by atoms with Crippen LogP contribution in [0.25, 0.3) is 0 Å². The number of hydrogen-bond acceptors (Lipinski definition) is 1. The Hall–Kier alpha value is -1.76. The Balaban J connectivity index is 0.00000256. The topological polar surface area (TPSA) is 17.1 Å². The summed E-state index contributed by atoms with van der Waals surface area (Å²) in [5.41, 5.74) is 0. The van der Waals surface area contributed by atoms with Gasteiger partial charge < -0.3 is 17.0 Å². The van der Waals surface area contributed by atoms with E-state index in [0.717, 1.165) is 31.8 Å². The summed E-state index contributed by atoms with van der Waals surface area (Å²) in [6.45, 7) is 0. The lowest BCUT2D eigenvalue weighted by atomic mass is 9.97. The fourth-order valence-electron chi connectivity index (χ4n) is 4.79. The minimum absolute atomic E-state index is 0. The highest BCUT2D eigenvalue weighted by atomic mass is 79.9. The lowest BCUT2D eigenvalue weighted by molar-refractivity contribution is -0.119. The van der Waals surface area contributed by atoms with E-state index < -0.39 is 7.26 Å². The van der Waals surface area contributed by atoms with Crippen molar-refractivity contribution in [1.82, 2.24) is 0 Å². The normalized spacial score (nSPS) is 17.1. The monoisotopic (exact) mass is 480 g/mol. The minimum Gasteiger partial charge on any atom is -1.00 e. The van der Waals surface area contributed by atoms with Gasteiger partial charge in [0.05, 0.1) is 6.16 Å². The van der Waals surface area contributed by atoms with Crippen LogP contribution in [0.5, 0.6) is 0 Å². The van der Waals surface area contributed by atoms with Gasteiger partial charge >= 0.3 is 0 Å². The van der Waals surface area contributed by atoms with Gasteiger partial charge in [0.15, 0.2) is 0 Å². The molecule has 0 aromatic heterocycles. The summed E-state index contributed by atoms with van der Waals surface area (Å²) in [5, 5.41) is 4.33. The van der Waals surface area contributed by atoms with Crippen LogP contribution in [-0.2, 0) is 4.79 Å². The zero-order chi connectivity index (χ0) is 19.9. The summed E-state index contributed by atoms with van der Waals surface area (Å²) in [6, 6.07) is 33.2. The van der Waals surface area contributed by atoms with Gasteiger partial charge in [0.2, 0.25) is 0 Å². The molecule has 30 heavy (non-hydrogen) atoms. The van der Waals surface area contributed by atoms with Crippen LogP contribution < -0.4 is 32.9 Å². The smallest absolute Gasteiger partial charge is 0.133 e. The third-order valence-corrected chi connectivity index (χ3v) is 10.8. The van der Waals surface area contributed by atoms with Gasteiger partial charge in [-0.1, -0.05) is 61.0 Å². The lowest BCUT2D eigenvalue weighted by Crippen LogP contribution is -3.00. The molecule has 0 N–H and O–H groups in total. The summed E-state index contributed by atoms with van der Waals surface area (Å²) < 4.78 is 0. The van der Waals surface area contributed by atoms with Gasteiger partial charge in [0.1, 0.15) is 29.0 Å². The molecule has 0 bridgehead atoms. The molecule has 1 unspecified atom stereocenters. The molecule has 1 fully saturated rings. The predicted octanol–water partition coefficient (Wildman–Crippen LogP) is 2.52. The lowest BCUT2D eigenvalue weighted by Gasteiger charge is -2.29. The Morgan fingerprint density at radius 1 is 0.700 bits per heavy atom. The van der Waals surface area contributed by atoms with Crippen molar-refractivity contribution >= 4 is 29.0 Å². The highest BCUT2D eigenvalue weighted by molar-refractivity contribution is 7.95. The van der Waals surface area contributed by atoms with Crippen LogP contribution in [0.3, 0.4) is 0 Å². The minimum atomic E-state index is -1.77. The van der Waals surface area contributed by atoms with E-state index in [9.17, 15) is 4.79 Å². The maximum atomic E-state index is 12.2. The van der Waals surface area contributed by atoms with Crippen molar-refractivity contribution in [3.8, 4) is 0 Å². The molecule has 1 aliphatic carbocycles. The van der Waals surface area contributed by atoms with Crippen molar-refractivity contribution in [3.05, 3.63) is 91.0 Å². The molecule has 0 saturated heterocycles. The van der Waals surface area contributed by atoms with E-state index in [2.05, 4.69) is 91.0 Å². The zero-order valence-corrected chi connectivity index (χ0v) is 19.9. The third-order valence-electron chi connectivity index (χ3n) is 6.30. The van der Waals surface area contributed by atoms with Crippen molar-refractivity contribution in [2.45, 2.75) is 38.5 Å². The van der Waals surface area contributed by atoms with Crippen LogP contribution in [0.4, 0.5) is 0 Å². The summed E-state index contributed by atoms with van der Waals surface area (Å²) >= 11 is 0. The van der Waals surface area contributed by atoms with Crippen molar-refractivity contribution in [3.63, 3.8) is 0 Å². The first kappa shape index (κ1) is 22.9. The molecule has 1 saturated carbocycles. The van der Waals surface area contributed by atoms with Gasteiger partial charge in [0.25, 0.3) is 0 Å². The van der Waals surface area contributed by atoms with Crippen molar-refractivity contribution in [2.75, 3.05) is 6.16 Å². The van der Waals surface area contributed by atoms with E-state index in [0.29, 0.717) is 11.7 Å². The molecule has 0 radical (unpaired) electrons. The molecule has 3 heteroatoms. The van der Waals surface area contributed by atoms with Gasteiger partial charge in [-0.3, -0.25) is 4.79 Å². The van der Waals surface area contributed by atoms with E-state index in [1.807, 2.05) is 0 Å². The van der Waals surface area contributed by atoms with Gasteiger partial charge in [-0.15, -0.1) is 0 Å². The number of carbonyl (C=O) groups excluding carboxylic acids is 1. The first-order valence-corrected chi connectivity index (χ1v) is 12.8. The molecule has 156 valence electrons. The SMILES string of the molecule is O=C1CCCCC(CC[P+](c2ccccc2)(c2ccccc2)c2ccccc2)C1.[Br-]. The van der Waals surface area contributed by atoms with E-state index in [-0.39, 0.29) is 17.0 Å². The Labute approximate surface area is 192 Å². The van der Waals surface area contributed by atoms with Gasteiger partial charge in [-0.05, 0) is 61.6 Å². The highest BCUT2D eigenvalue weighted by Gasteiger charge is 2.45. The number of hydrogen-bond donors (Lipinski definition) is 0. The number of halogens is 1. The second-order valence-electron chi connectivity index (χ2n) is 8.18. The van der Waals surface area contributed by atoms with Crippen LogP contribution in [-0.4, -0.2) is 11.9 Å². The third kappa shape index (κ3) is 5.10. The first-order chi connectivity index (χ1) is 14.3. The predicted molar refractivity (Wildman–Crippen MR) is 126 cm³/mol. The number of ketones is 1. The van der Waals surface area contributed by atoms with Crippen LogP contribution in [0.2, 0.25) is 0 Å². The van der Waals surface area contributed by atoms with Crippen molar-refractivity contribution < 1.29 is 21.8 Å². The summed E-state index contributed by atoms with van der Waals surface area (Å²) in [7, 11) is -1.77. The molecule has 0 amide bonds. The maximum Gasteiger partial charge on any atom is 0.133 e. The molecule has 1 nitrogen and oxygen atoms in total. The van der Waals surface area contributed by atoms with Gasteiger partial charge in [0, 0.05) is 12.8 Å². The largest absolute Gasteiger partial charge is 1.00 e. The van der Waals surface area contributed by atoms with Crippen LogP contribution in [0, 0.1) is 5.92 Å². The quantitative estimate of drug-likeness (QED) is 0.391. The Kier molecular flexibility index (Phi) is 8.42. The first-order valence-electron chi connectivity index (χ1n) is 10.9. The maximum absolute atomic E-state index is 12.2. The second kappa shape index (κ2) is 11.0. The van der Waals surface area contributed by atoms with E-state index in [1.54, 1.807) is 0 Å². The number of Topliss-reactive ketones (excluding diaryl/α,β-unsaturated/α-hetero) is 1. The average Bonchev–Trinajstić information content (AvgIpc) is 3.00. The molecular weight excluding hydrogens is 451 g/mol. The summed E-state index contributed by atoms with van der Waals surface area (Å²) in [5.74, 6) is 0.996. The highest BCUT2D eigenvalue weighted by Crippen LogP contribution is 2.56. The molecule has 1 aliphatic rings. The van der Waals surface area contributed by atoms with Crippen molar-refractivity contribution in [1.29, 1.82) is 0 Å². The second-order valence-corrected chi connectivity index (χ2v) is 11.8. The average molecular weight is 481 g/mol. The summed E-state index contributed by atoms with van der Waals surface area (Å²) in [6.07, 6.45) is 7.28. The summed E-state index contributed by atoms with van der Waals surface area (Å²) in [4.78, 5) is 12.2.